The number of aryl methyl sites for hydroxylation is 1. The van der Waals surface area contributed by atoms with Crippen molar-refractivity contribution in [1.82, 2.24) is 4.98 Å². The Hall–Kier alpha value is -2.88. The van der Waals surface area contributed by atoms with Crippen molar-refractivity contribution < 1.29 is 9.90 Å². The zero-order chi connectivity index (χ0) is 14.8. The number of phenolic OH excluding ortho intramolecular Hbond substituents is 1. The molecule has 104 valence electrons. The van der Waals surface area contributed by atoms with Gasteiger partial charge in [0.1, 0.15) is 5.75 Å². The third kappa shape index (κ3) is 2.56. The van der Waals surface area contributed by atoms with Crippen LogP contribution in [0.15, 0.2) is 54.9 Å². The van der Waals surface area contributed by atoms with Gasteiger partial charge in [0.15, 0.2) is 0 Å². The monoisotopic (exact) mass is 278 g/mol. The predicted molar refractivity (Wildman–Crippen MR) is 82.5 cm³/mol. The van der Waals surface area contributed by atoms with Crippen molar-refractivity contribution in [2.24, 2.45) is 0 Å². The number of nitrogens with zero attached hydrogens (tertiary/aromatic N) is 1. The lowest BCUT2D eigenvalue weighted by atomic mass is 10.1. The number of aromatic nitrogens is 1. The normalized spacial score (nSPS) is 10.5. The van der Waals surface area contributed by atoms with Crippen molar-refractivity contribution in [2.45, 2.75) is 6.92 Å². The van der Waals surface area contributed by atoms with Crippen LogP contribution in [0.3, 0.4) is 0 Å². The molecule has 1 heterocycles. The van der Waals surface area contributed by atoms with Gasteiger partial charge in [0.2, 0.25) is 0 Å². The number of hydrogen-bond acceptors (Lipinski definition) is 3. The Bertz CT molecular complexity index is 823. The number of phenols is 1. The molecule has 0 aliphatic rings. The smallest absolute Gasteiger partial charge is 0.255 e. The number of benzene rings is 2. The molecule has 0 saturated heterocycles. The van der Waals surface area contributed by atoms with E-state index < -0.39 is 0 Å². The van der Waals surface area contributed by atoms with Crippen LogP contribution in [-0.4, -0.2) is 16.0 Å². The minimum absolute atomic E-state index is 0.183. The summed E-state index contributed by atoms with van der Waals surface area (Å²) in [5.74, 6) is -0.0230. The minimum Gasteiger partial charge on any atom is -0.508 e. The maximum atomic E-state index is 12.3. The molecule has 3 aromatic rings. The summed E-state index contributed by atoms with van der Waals surface area (Å²) in [4.78, 5) is 16.4. The lowest BCUT2D eigenvalue weighted by molar-refractivity contribution is 0.102. The molecule has 1 aromatic heterocycles. The maximum absolute atomic E-state index is 12.3. The molecule has 0 aliphatic heterocycles. The van der Waals surface area contributed by atoms with Gasteiger partial charge >= 0.3 is 0 Å². The Balaban J connectivity index is 1.94. The molecule has 0 atom stereocenters. The van der Waals surface area contributed by atoms with E-state index in [1.165, 1.54) is 6.07 Å². The molecule has 0 aliphatic carbocycles. The average Bonchev–Trinajstić information content (AvgIpc) is 2.50. The van der Waals surface area contributed by atoms with Gasteiger partial charge in [0.25, 0.3) is 5.91 Å². The molecular weight excluding hydrogens is 264 g/mol. The second kappa shape index (κ2) is 5.25. The van der Waals surface area contributed by atoms with E-state index in [1.54, 1.807) is 31.5 Å². The molecular formula is C17H14N2O2. The molecule has 0 bridgehead atoms. The summed E-state index contributed by atoms with van der Waals surface area (Å²) in [6, 6.07) is 12.3. The van der Waals surface area contributed by atoms with Crippen molar-refractivity contribution in [2.75, 3.05) is 5.32 Å². The van der Waals surface area contributed by atoms with Crippen LogP contribution in [0.25, 0.3) is 10.8 Å². The van der Waals surface area contributed by atoms with Gasteiger partial charge in [0, 0.05) is 34.4 Å². The fourth-order valence-electron chi connectivity index (χ4n) is 2.22. The van der Waals surface area contributed by atoms with E-state index in [0.717, 1.165) is 16.5 Å². The highest BCUT2D eigenvalue weighted by molar-refractivity contribution is 6.09. The van der Waals surface area contributed by atoms with Crippen LogP contribution in [0.4, 0.5) is 5.69 Å². The topological polar surface area (TPSA) is 62.2 Å². The van der Waals surface area contributed by atoms with Crippen LogP contribution in [0.1, 0.15) is 15.9 Å². The number of hydrogen-bond donors (Lipinski definition) is 2. The number of aromatic hydroxyl groups is 1. The van der Waals surface area contributed by atoms with E-state index in [9.17, 15) is 9.90 Å². The first kappa shape index (κ1) is 13.1. The van der Waals surface area contributed by atoms with E-state index >= 15 is 0 Å². The first-order valence-electron chi connectivity index (χ1n) is 6.59. The third-order valence-electron chi connectivity index (χ3n) is 3.39. The van der Waals surface area contributed by atoms with Crippen molar-refractivity contribution in [1.29, 1.82) is 0 Å². The summed E-state index contributed by atoms with van der Waals surface area (Å²) in [7, 11) is 0. The van der Waals surface area contributed by atoms with Crippen LogP contribution >= 0.6 is 0 Å². The first-order chi connectivity index (χ1) is 10.1. The fraction of sp³-hybridized carbons (Fsp3) is 0.0588. The Morgan fingerprint density at radius 2 is 2.05 bits per heavy atom. The lowest BCUT2D eigenvalue weighted by Crippen LogP contribution is -2.12. The van der Waals surface area contributed by atoms with Crippen LogP contribution in [0.5, 0.6) is 5.75 Å². The molecule has 2 N–H and O–H groups in total. The highest BCUT2D eigenvalue weighted by Gasteiger charge is 2.09. The standard InChI is InChI=1S/C17H14N2O2/c1-11-9-12(5-6-16(11)20)17(21)19-15-4-2-3-13-10-18-8-7-14(13)15/h2-10,20H,1H3,(H,19,21). The molecule has 0 fully saturated rings. The molecule has 2 aromatic carbocycles. The van der Waals surface area contributed by atoms with Crippen LogP contribution in [0.2, 0.25) is 0 Å². The van der Waals surface area contributed by atoms with Crippen molar-refractivity contribution in [3.8, 4) is 5.75 Å². The Morgan fingerprint density at radius 1 is 1.19 bits per heavy atom. The number of pyridine rings is 1. The van der Waals surface area contributed by atoms with Gasteiger partial charge in [-0.1, -0.05) is 12.1 Å². The second-order valence-electron chi connectivity index (χ2n) is 4.86. The van der Waals surface area contributed by atoms with Gasteiger partial charge in [-0.2, -0.15) is 0 Å². The molecule has 0 radical (unpaired) electrons. The van der Waals surface area contributed by atoms with E-state index in [0.29, 0.717) is 11.1 Å². The summed E-state index contributed by atoms with van der Waals surface area (Å²) >= 11 is 0. The first-order valence-corrected chi connectivity index (χ1v) is 6.59. The summed E-state index contributed by atoms with van der Waals surface area (Å²) in [5.41, 5.74) is 1.92. The summed E-state index contributed by atoms with van der Waals surface area (Å²) < 4.78 is 0. The summed E-state index contributed by atoms with van der Waals surface area (Å²) in [5, 5.41) is 14.3. The molecule has 0 spiro atoms. The van der Waals surface area contributed by atoms with Crippen LogP contribution in [0, 0.1) is 6.92 Å². The SMILES string of the molecule is Cc1cc(C(=O)Nc2cccc3cnccc23)ccc1O. The number of anilines is 1. The van der Waals surface area contributed by atoms with Gasteiger partial charge in [-0.25, -0.2) is 0 Å². The number of nitrogens with one attached hydrogen (secondary N) is 1. The maximum Gasteiger partial charge on any atom is 0.255 e. The number of amides is 1. The van der Waals surface area contributed by atoms with Crippen LogP contribution < -0.4 is 5.32 Å². The molecule has 4 nitrogen and oxygen atoms in total. The van der Waals surface area contributed by atoms with Gasteiger partial charge < -0.3 is 10.4 Å². The molecule has 4 heteroatoms. The zero-order valence-corrected chi connectivity index (χ0v) is 11.5. The van der Waals surface area contributed by atoms with E-state index in [1.807, 2.05) is 24.3 Å². The number of carbonyl (C=O) groups excluding carboxylic acids is 1. The highest BCUT2D eigenvalue weighted by atomic mass is 16.3. The Kier molecular flexibility index (Phi) is 3.28. The predicted octanol–water partition coefficient (Wildman–Crippen LogP) is 3.50. The van der Waals surface area contributed by atoms with E-state index in [2.05, 4.69) is 10.3 Å². The number of carbonyl (C=O) groups is 1. The van der Waals surface area contributed by atoms with Crippen LogP contribution in [-0.2, 0) is 0 Å². The fourth-order valence-corrected chi connectivity index (χ4v) is 2.22. The van der Waals surface area contributed by atoms with Crippen molar-refractivity contribution >= 4 is 22.4 Å². The zero-order valence-electron chi connectivity index (χ0n) is 11.5. The van der Waals surface area contributed by atoms with E-state index in [-0.39, 0.29) is 11.7 Å². The average molecular weight is 278 g/mol. The van der Waals surface area contributed by atoms with Crippen molar-refractivity contribution in [3.05, 3.63) is 66.0 Å². The Labute approximate surface area is 122 Å². The Morgan fingerprint density at radius 3 is 2.86 bits per heavy atom. The number of fused-ring (bicyclic) bond motifs is 1. The van der Waals surface area contributed by atoms with Gasteiger partial charge in [-0.15, -0.1) is 0 Å². The second-order valence-corrected chi connectivity index (χ2v) is 4.86. The van der Waals surface area contributed by atoms with Crippen molar-refractivity contribution in [3.63, 3.8) is 0 Å². The summed E-state index contributed by atoms with van der Waals surface area (Å²) in [6.45, 7) is 1.76. The molecule has 1 amide bonds. The van der Waals surface area contributed by atoms with Gasteiger partial charge in [0.05, 0.1) is 0 Å². The molecule has 0 saturated carbocycles. The quantitative estimate of drug-likeness (QED) is 0.754. The summed E-state index contributed by atoms with van der Waals surface area (Å²) in [6.07, 6.45) is 3.46. The highest BCUT2D eigenvalue weighted by Crippen LogP contribution is 2.23. The molecule has 3 rings (SSSR count). The largest absolute Gasteiger partial charge is 0.508 e. The third-order valence-corrected chi connectivity index (χ3v) is 3.39. The minimum atomic E-state index is -0.206. The molecule has 0 unspecified atom stereocenters. The number of rotatable bonds is 2. The lowest BCUT2D eigenvalue weighted by Gasteiger charge is -2.09. The molecule has 21 heavy (non-hydrogen) atoms. The van der Waals surface area contributed by atoms with Gasteiger partial charge in [-0.3, -0.25) is 9.78 Å². The van der Waals surface area contributed by atoms with E-state index in [4.69, 9.17) is 0 Å². The van der Waals surface area contributed by atoms with Gasteiger partial charge in [-0.05, 0) is 42.8 Å².